The molecular formula is C47H28N2O. The number of anilines is 3. The maximum absolute atomic E-state index is 6.82. The number of fused-ring (bicyclic) bond motifs is 9. The maximum Gasteiger partial charge on any atom is 0.160 e. The normalized spacial score (nSPS) is 12.4. The second kappa shape index (κ2) is 10.4. The van der Waals surface area contributed by atoms with E-state index in [1.807, 2.05) is 24.5 Å². The third kappa shape index (κ3) is 3.89. The van der Waals surface area contributed by atoms with Crippen molar-refractivity contribution in [2.45, 2.75) is 0 Å². The lowest BCUT2D eigenvalue weighted by molar-refractivity contribution is 0.669. The summed E-state index contributed by atoms with van der Waals surface area (Å²) in [6.07, 6.45) is 3.79. The fourth-order valence-electron chi connectivity index (χ4n) is 8.22. The molecule has 1 aliphatic heterocycles. The Hall–Kier alpha value is -6.71. The zero-order chi connectivity index (χ0) is 32.8. The van der Waals surface area contributed by atoms with E-state index < -0.39 is 0 Å². The van der Waals surface area contributed by atoms with Crippen LogP contribution in [0.2, 0.25) is 0 Å². The second-order valence-electron chi connectivity index (χ2n) is 13.2. The number of hydrogen-bond donors (Lipinski definition) is 0. The number of para-hydroxylation sites is 2. The van der Waals surface area contributed by atoms with E-state index in [-0.39, 0.29) is 0 Å². The molecule has 1 aliphatic rings. The van der Waals surface area contributed by atoms with Crippen molar-refractivity contribution in [3.63, 3.8) is 0 Å². The molecule has 2 aromatic heterocycles. The van der Waals surface area contributed by atoms with Gasteiger partial charge in [-0.2, -0.15) is 0 Å². The van der Waals surface area contributed by atoms with Crippen molar-refractivity contribution in [3.05, 3.63) is 170 Å². The molecule has 0 fully saturated rings. The van der Waals surface area contributed by atoms with Crippen molar-refractivity contribution in [2.24, 2.45) is 0 Å². The van der Waals surface area contributed by atoms with Crippen molar-refractivity contribution in [1.82, 2.24) is 4.98 Å². The zero-order valence-corrected chi connectivity index (χ0v) is 27.0. The average Bonchev–Trinajstić information content (AvgIpc) is 3.56. The average molecular weight is 637 g/mol. The third-order valence-corrected chi connectivity index (χ3v) is 10.4. The summed E-state index contributed by atoms with van der Waals surface area (Å²) < 4.78 is 6.82. The first-order valence-corrected chi connectivity index (χ1v) is 17.0. The van der Waals surface area contributed by atoms with Crippen molar-refractivity contribution in [3.8, 4) is 33.4 Å². The first kappa shape index (κ1) is 27.3. The summed E-state index contributed by atoms with van der Waals surface area (Å²) >= 11 is 0. The molecule has 0 saturated carbocycles. The SMILES string of the molecule is c1cncc(-c2cc(-c3cc4ccccc4c4ccccc34)cc(N3c4ccccc4-c4cccc5cc6c(oc7ccccc76)c3c45)c2)c1. The highest BCUT2D eigenvalue weighted by molar-refractivity contribution is 6.25. The van der Waals surface area contributed by atoms with Gasteiger partial charge in [0.25, 0.3) is 0 Å². The Bertz CT molecular complexity index is 2990. The highest BCUT2D eigenvalue weighted by atomic mass is 16.3. The van der Waals surface area contributed by atoms with Gasteiger partial charge in [-0.3, -0.25) is 4.98 Å². The highest BCUT2D eigenvalue weighted by Gasteiger charge is 2.30. The minimum Gasteiger partial charge on any atom is -0.454 e. The third-order valence-electron chi connectivity index (χ3n) is 10.4. The van der Waals surface area contributed by atoms with Gasteiger partial charge >= 0.3 is 0 Å². The lowest BCUT2D eigenvalue weighted by atomic mass is 9.88. The predicted molar refractivity (Wildman–Crippen MR) is 209 cm³/mol. The van der Waals surface area contributed by atoms with Crippen LogP contribution in [-0.2, 0) is 0 Å². The molecule has 8 aromatic carbocycles. The molecule has 0 saturated heterocycles. The van der Waals surface area contributed by atoms with Crippen LogP contribution >= 0.6 is 0 Å². The van der Waals surface area contributed by atoms with E-state index >= 15 is 0 Å². The van der Waals surface area contributed by atoms with Gasteiger partial charge in [-0.05, 0) is 97.7 Å². The number of rotatable bonds is 3. The standard InChI is InChI=1S/C47H28N2O/c1-2-14-35-29(11-1)26-41(37-16-4-3-15-36(35)37)33-23-32(31-13-10-22-48-28-31)24-34(25-33)49-43-20-7-5-17-38(43)40-19-9-12-30-27-42-39-18-6-8-21-44(39)50-47(42)46(49)45(30)40/h1-28H. The van der Waals surface area contributed by atoms with Crippen LogP contribution in [0.3, 0.4) is 0 Å². The Labute approximate surface area is 288 Å². The summed E-state index contributed by atoms with van der Waals surface area (Å²) in [4.78, 5) is 6.96. The first-order valence-electron chi connectivity index (χ1n) is 17.0. The Morgan fingerprint density at radius 2 is 1.20 bits per heavy atom. The van der Waals surface area contributed by atoms with E-state index in [9.17, 15) is 0 Å². The minimum absolute atomic E-state index is 0.891. The Morgan fingerprint density at radius 3 is 2.10 bits per heavy atom. The Kier molecular flexibility index (Phi) is 5.67. The quantitative estimate of drug-likeness (QED) is 0.181. The van der Waals surface area contributed by atoms with E-state index in [1.54, 1.807) is 0 Å². The molecule has 3 nitrogen and oxygen atoms in total. The van der Waals surface area contributed by atoms with Gasteiger partial charge in [0.05, 0.1) is 11.4 Å². The van der Waals surface area contributed by atoms with Gasteiger partial charge < -0.3 is 9.32 Å². The molecule has 232 valence electrons. The van der Waals surface area contributed by atoms with Crippen molar-refractivity contribution in [1.29, 1.82) is 0 Å². The lowest BCUT2D eigenvalue weighted by Gasteiger charge is -2.34. The summed E-state index contributed by atoms with van der Waals surface area (Å²) in [5.74, 6) is 0. The topological polar surface area (TPSA) is 29.3 Å². The van der Waals surface area contributed by atoms with Crippen LogP contribution < -0.4 is 4.90 Å². The number of furan rings is 1. The number of hydrogen-bond acceptors (Lipinski definition) is 3. The molecule has 0 spiro atoms. The van der Waals surface area contributed by atoms with Gasteiger partial charge in [0.2, 0.25) is 0 Å². The fourth-order valence-corrected chi connectivity index (χ4v) is 8.22. The van der Waals surface area contributed by atoms with E-state index in [1.165, 1.54) is 49.0 Å². The summed E-state index contributed by atoms with van der Waals surface area (Å²) in [6.45, 7) is 0. The van der Waals surface area contributed by atoms with Crippen LogP contribution in [0.15, 0.2) is 175 Å². The summed E-state index contributed by atoms with van der Waals surface area (Å²) in [5, 5.41) is 9.59. The van der Waals surface area contributed by atoms with Gasteiger partial charge in [0.1, 0.15) is 5.58 Å². The molecule has 0 amide bonds. The molecule has 3 heteroatoms. The molecule has 0 radical (unpaired) electrons. The summed E-state index contributed by atoms with van der Waals surface area (Å²) in [5.41, 5.74) is 12.0. The van der Waals surface area contributed by atoms with Crippen molar-refractivity contribution in [2.75, 3.05) is 4.90 Å². The van der Waals surface area contributed by atoms with Crippen LogP contribution in [-0.4, -0.2) is 4.98 Å². The number of benzene rings is 8. The number of pyridine rings is 1. The van der Waals surface area contributed by atoms with Gasteiger partial charge in [-0.25, -0.2) is 0 Å². The van der Waals surface area contributed by atoms with Crippen LogP contribution in [0.1, 0.15) is 0 Å². The van der Waals surface area contributed by atoms with Gasteiger partial charge in [-0.15, -0.1) is 0 Å². The van der Waals surface area contributed by atoms with E-state index in [0.717, 1.165) is 55.7 Å². The summed E-state index contributed by atoms with van der Waals surface area (Å²) in [7, 11) is 0. The fraction of sp³-hybridized carbons (Fsp3) is 0. The predicted octanol–water partition coefficient (Wildman–Crippen LogP) is 13.2. The highest BCUT2D eigenvalue weighted by Crippen LogP contribution is 2.55. The first-order chi connectivity index (χ1) is 24.8. The van der Waals surface area contributed by atoms with Crippen LogP contribution in [0, 0.1) is 0 Å². The second-order valence-corrected chi connectivity index (χ2v) is 13.2. The van der Waals surface area contributed by atoms with Crippen LogP contribution in [0.25, 0.3) is 87.6 Å². The van der Waals surface area contributed by atoms with Crippen LogP contribution in [0.4, 0.5) is 17.1 Å². The summed E-state index contributed by atoms with van der Waals surface area (Å²) in [6, 6.07) is 57.0. The van der Waals surface area contributed by atoms with E-state index in [4.69, 9.17) is 4.42 Å². The maximum atomic E-state index is 6.82. The van der Waals surface area contributed by atoms with Crippen molar-refractivity contribution < 1.29 is 4.42 Å². The Balaban J connectivity index is 1.28. The molecule has 0 aliphatic carbocycles. The molecule has 50 heavy (non-hydrogen) atoms. The van der Waals surface area contributed by atoms with Gasteiger partial charge in [-0.1, -0.05) is 109 Å². The van der Waals surface area contributed by atoms with E-state index in [0.29, 0.717) is 0 Å². The van der Waals surface area contributed by atoms with Crippen molar-refractivity contribution >= 4 is 71.3 Å². The molecular weight excluding hydrogens is 609 g/mol. The van der Waals surface area contributed by atoms with Crippen LogP contribution in [0.5, 0.6) is 0 Å². The lowest BCUT2D eigenvalue weighted by Crippen LogP contribution is -2.15. The minimum atomic E-state index is 0.891. The number of nitrogens with zero attached hydrogens (tertiary/aromatic N) is 2. The molecule has 0 unspecified atom stereocenters. The van der Waals surface area contributed by atoms with Gasteiger partial charge in [0, 0.05) is 45.4 Å². The smallest absolute Gasteiger partial charge is 0.160 e. The molecule has 3 heterocycles. The number of aromatic nitrogens is 1. The van der Waals surface area contributed by atoms with Gasteiger partial charge in [0.15, 0.2) is 5.58 Å². The molecule has 0 N–H and O–H groups in total. The largest absolute Gasteiger partial charge is 0.454 e. The molecule has 0 bridgehead atoms. The molecule has 10 aromatic rings. The monoisotopic (exact) mass is 636 g/mol. The molecule has 0 atom stereocenters. The zero-order valence-electron chi connectivity index (χ0n) is 27.0. The van der Waals surface area contributed by atoms with E-state index in [2.05, 4.69) is 155 Å². The Morgan fingerprint density at radius 1 is 0.460 bits per heavy atom. The molecule has 11 rings (SSSR count).